The quantitative estimate of drug-likeness (QED) is 0.642. The average molecular weight is 466 g/mol. The standard InChI is InChI=1S/C20H27N5O6S/c1-20(2,3)31-19(27)24-9-14(11-30-32(4,28)29)25(17(26)10-24)8-13-5-6-15-16(7-13)22-12-23-18(15)21/h5-7,12,14H,8-11H2,1-4H3,(H2,21,22,23)/t14-/m1/s1. The first-order valence-electron chi connectivity index (χ1n) is 9.93. The van der Waals surface area contributed by atoms with Gasteiger partial charge < -0.3 is 15.4 Å². The number of nitrogens with zero attached hydrogens (tertiary/aromatic N) is 4. The lowest BCUT2D eigenvalue weighted by atomic mass is 10.1. The maximum absolute atomic E-state index is 13.0. The van der Waals surface area contributed by atoms with Gasteiger partial charge in [-0.3, -0.25) is 13.9 Å². The van der Waals surface area contributed by atoms with Gasteiger partial charge in [0, 0.05) is 18.5 Å². The van der Waals surface area contributed by atoms with Crippen LogP contribution in [0.1, 0.15) is 26.3 Å². The van der Waals surface area contributed by atoms with Crippen LogP contribution in [0.3, 0.4) is 0 Å². The minimum atomic E-state index is -3.74. The molecule has 0 saturated carbocycles. The minimum Gasteiger partial charge on any atom is -0.444 e. The van der Waals surface area contributed by atoms with Crippen LogP contribution in [0.5, 0.6) is 0 Å². The summed E-state index contributed by atoms with van der Waals surface area (Å²) in [5.74, 6) is -0.00506. The molecule has 1 aromatic heterocycles. The number of aromatic nitrogens is 2. The third-order valence-electron chi connectivity index (χ3n) is 4.73. The van der Waals surface area contributed by atoms with Crippen molar-refractivity contribution in [3.63, 3.8) is 0 Å². The van der Waals surface area contributed by atoms with E-state index in [1.54, 1.807) is 39.0 Å². The van der Waals surface area contributed by atoms with Crippen LogP contribution in [-0.4, -0.2) is 77.8 Å². The van der Waals surface area contributed by atoms with Crippen LogP contribution in [0.25, 0.3) is 10.9 Å². The lowest BCUT2D eigenvalue weighted by molar-refractivity contribution is -0.141. The fraction of sp³-hybridized carbons (Fsp3) is 0.500. The van der Waals surface area contributed by atoms with E-state index < -0.39 is 27.9 Å². The van der Waals surface area contributed by atoms with E-state index >= 15 is 0 Å². The summed E-state index contributed by atoms with van der Waals surface area (Å²) in [6.45, 7) is 4.95. The van der Waals surface area contributed by atoms with Gasteiger partial charge in [0.05, 0.1) is 24.4 Å². The van der Waals surface area contributed by atoms with Crippen LogP contribution in [0.2, 0.25) is 0 Å². The van der Waals surface area contributed by atoms with E-state index in [0.29, 0.717) is 16.7 Å². The smallest absolute Gasteiger partial charge is 0.410 e. The topological polar surface area (TPSA) is 145 Å². The predicted octanol–water partition coefficient (Wildman–Crippen LogP) is 1.14. The van der Waals surface area contributed by atoms with Crippen molar-refractivity contribution in [2.24, 2.45) is 0 Å². The van der Waals surface area contributed by atoms with E-state index in [0.717, 1.165) is 11.8 Å². The van der Waals surface area contributed by atoms with Gasteiger partial charge in [-0.25, -0.2) is 14.8 Å². The number of amides is 2. The molecule has 0 spiro atoms. The summed E-state index contributed by atoms with van der Waals surface area (Å²) in [6, 6.07) is 4.66. The van der Waals surface area contributed by atoms with Gasteiger partial charge in [-0.1, -0.05) is 6.07 Å². The number of piperazine rings is 1. The molecule has 1 aromatic carbocycles. The van der Waals surface area contributed by atoms with Gasteiger partial charge in [-0.15, -0.1) is 0 Å². The van der Waals surface area contributed by atoms with Crippen molar-refractivity contribution < 1.29 is 26.9 Å². The van der Waals surface area contributed by atoms with Crippen molar-refractivity contribution in [2.45, 2.75) is 39.0 Å². The lowest BCUT2D eigenvalue weighted by Gasteiger charge is -2.41. The molecule has 2 aromatic rings. The van der Waals surface area contributed by atoms with Crippen molar-refractivity contribution in [1.82, 2.24) is 19.8 Å². The first-order chi connectivity index (χ1) is 14.8. The second-order valence-corrected chi connectivity index (χ2v) is 10.3. The number of fused-ring (bicyclic) bond motifs is 1. The van der Waals surface area contributed by atoms with Crippen molar-refractivity contribution in [3.8, 4) is 0 Å². The van der Waals surface area contributed by atoms with E-state index in [1.165, 1.54) is 16.1 Å². The number of ether oxygens (including phenoxy) is 1. The van der Waals surface area contributed by atoms with Gasteiger partial charge in [0.25, 0.3) is 10.1 Å². The zero-order valence-corrected chi connectivity index (χ0v) is 19.3. The zero-order chi connectivity index (χ0) is 23.7. The fourth-order valence-electron chi connectivity index (χ4n) is 3.32. The third kappa shape index (κ3) is 6.04. The average Bonchev–Trinajstić information content (AvgIpc) is 2.66. The maximum atomic E-state index is 13.0. The molecule has 1 fully saturated rings. The zero-order valence-electron chi connectivity index (χ0n) is 18.4. The van der Waals surface area contributed by atoms with Crippen molar-refractivity contribution in [1.29, 1.82) is 0 Å². The van der Waals surface area contributed by atoms with E-state index in [9.17, 15) is 18.0 Å². The molecule has 2 heterocycles. The third-order valence-corrected chi connectivity index (χ3v) is 5.29. The molecule has 0 aliphatic carbocycles. The van der Waals surface area contributed by atoms with Crippen LogP contribution in [0.15, 0.2) is 24.5 Å². The number of carbonyl (C=O) groups excluding carboxylic acids is 2. The molecule has 12 heteroatoms. The number of hydrogen-bond acceptors (Lipinski definition) is 9. The van der Waals surface area contributed by atoms with Gasteiger partial charge in [-0.05, 0) is 38.5 Å². The van der Waals surface area contributed by atoms with Gasteiger partial charge in [0.15, 0.2) is 0 Å². The van der Waals surface area contributed by atoms with Crippen LogP contribution in [-0.2, 0) is 30.4 Å². The second kappa shape index (κ2) is 8.87. The van der Waals surface area contributed by atoms with E-state index in [2.05, 4.69) is 9.97 Å². The molecule has 1 aliphatic rings. The first kappa shape index (κ1) is 23.7. The molecule has 0 unspecified atom stereocenters. The molecule has 1 saturated heterocycles. The molecular formula is C20H27N5O6S. The molecule has 32 heavy (non-hydrogen) atoms. The van der Waals surface area contributed by atoms with Crippen molar-refractivity contribution in [3.05, 3.63) is 30.1 Å². The molecular weight excluding hydrogens is 438 g/mol. The van der Waals surface area contributed by atoms with Gasteiger partial charge >= 0.3 is 6.09 Å². The van der Waals surface area contributed by atoms with Gasteiger partial charge in [0.1, 0.15) is 24.3 Å². The summed E-state index contributed by atoms with van der Waals surface area (Å²) in [7, 11) is -3.74. The Kier molecular flexibility index (Phi) is 6.56. The van der Waals surface area contributed by atoms with Crippen LogP contribution < -0.4 is 5.73 Å². The highest BCUT2D eigenvalue weighted by atomic mass is 32.2. The number of rotatable bonds is 5. The summed E-state index contributed by atoms with van der Waals surface area (Å²) >= 11 is 0. The highest BCUT2D eigenvalue weighted by molar-refractivity contribution is 7.85. The summed E-state index contributed by atoms with van der Waals surface area (Å²) in [5.41, 5.74) is 6.52. The molecule has 174 valence electrons. The highest BCUT2D eigenvalue weighted by Crippen LogP contribution is 2.22. The van der Waals surface area contributed by atoms with E-state index in [1.807, 2.05) is 0 Å². The summed E-state index contributed by atoms with van der Waals surface area (Å²) < 4.78 is 33.4. The molecule has 3 rings (SSSR count). The Morgan fingerprint density at radius 1 is 1.28 bits per heavy atom. The highest BCUT2D eigenvalue weighted by Gasteiger charge is 2.37. The maximum Gasteiger partial charge on any atom is 0.410 e. The molecule has 11 nitrogen and oxygen atoms in total. The Morgan fingerprint density at radius 2 is 2.00 bits per heavy atom. The van der Waals surface area contributed by atoms with Crippen LogP contribution in [0.4, 0.5) is 10.6 Å². The molecule has 1 atom stereocenters. The molecule has 2 amide bonds. The number of benzene rings is 1. The van der Waals surface area contributed by atoms with Crippen LogP contribution >= 0.6 is 0 Å². The first-order valence-corrected chi connectivity index (χ1v) is 11.7. The number of nitrogen functional groups attached to an aromatic ring is 1. The van der Waals surface area contributed by atoms with Gasteiger partial charge in [-0.2, -0.15) is 8.42 Å². The number of hydrogen-bond donors (Lipinski definition) is 1. The Balaban J connectivity index is 1.84. The predicted molar refractivity (Wildman–Crippen MR) is 117 cm³/mol. The van der Waals surface area contributed by atoms with E-state index in [-0.39, 0.29) is 32.1 Å². The van der Waals surface area contributed by atoms with E-state index in [4.69, 9.17) is 14.7 Å². The number of carbonyl (C=O) groups is 2. The minimum absolute atomic E-state index is 0.0683. The Bertz CT molecular complexity index is 1130. The Labute approximate surface area is 186 Å². The van der Waals surface area contributed by atoms with Crippen molar-refractivity contribution in [2.75, 3.05) is 31.7 Å². The molecule has 0 radical (unpaired) electrons. The summed E-state index contributed by atoms with van der Waals surface area (Å²) in [5, 5.41) is 0.689. The molecule has 1 aliphatic heterocycles. The van der Waals surface area contributed by atoms with Crippen molar-refractivity contribution >= 4 is 38.8 Å². The summed E-state index contributed by atoms with van der Waals surface area (Å²) in [4.78, 5) is 36.4. The van der Waals surface area contributed by atoms with Crippen LogP contribution in [0, 0.1) is 0 Å². The lowest BCUT2D eigenvalue weighted by Crippen LogP contribution is -2.59. The molecule has 2 N–H and O–H groups in total. The largest absolute Gasteiger partial charge is 0.444 e. The summed E-state index contributed by atoms with van der Waals surface area (Å²) in [6.07, 6.45) is 1.64. The second-order valence-electron chi connectivity index (χ2n) is 8.64. The SMILES string of the molecule is CC(C)(C)OC(=O)N1CC(=O)N(Cc2ccc3c(N)ncnc3c2)[C@@H](COS(C)(=O)=O)C1. The van der Waals surface area contributed by atoms with Gasteiger partial charge in [0.2, 0.25) is 5.91 Å². The Morgan fingerprint density at radius 3 is 2.66 bits per heavy atom. The number of anilines is 1. The Hall–Kier alpha value is -2.99. The normalized spacial score (nSPS) is 17.6. The monoisotopic (exact) mass is 465 g/mol. The number of nitrogens with two attached hydrogens (primary N) is 1. The molecule has 0 bridgehead atoms. The fourth-order valence-corrected chi connectivity index (χ4v) is 3.73.